The zero-order chi connectivity index (χ0) is 11.8. The summed E-state index contributed by atoms with van der Waals surface area (Å²) >= 11 is 3.01. The maximum Gasteiger partial charge on any atom is 0.259 e. The van der Waals surface area contributed by atoms with Crippen molar-refractivity contribution in [3.63, 3.8) is 0 Å². The number of imide groups is 1. The molecule has 0 unspecified atom stereocenters. The molecule has 1 N–H and O–H groups in total. The molecular weight excluding hydrogens is 254 g/mol. The second-order valence-electron chi connectivity index (χ2n) is 3.56. The standard InChI is InChI=1S/C12H7NO2S2/c14-11-9(7-1-3-16-5-7)10(12(15)13-11)8-2-4-17-6-8/h1-6H,(H,13,14,15). The highest BCUT2D eigenvalue weighted by atomic mass is 32.1. The molecule has 1 aliphatic rings. The van der Waals surface area contributed by atoms with Crippen molar-refractivity contribution in [3.8, 4) is 0 Å². The van der Waals surface area contributed by atoms with Crippen LogP contribution in [-0.2, 0) is 9.59 Å². The molecule has 0 saturated heterocycles. The normalized spacial score (nSPS) is 15.5. The van der Waals surface area contributed by atoms with Gasteiger partial charge in [-0.2, -0.15) is 22.7 Å². The predicted octanol–water partition coefficient (Wildman–Crippen LogP) is 2.38. The molecule has 17 heavy (non-hydrogen) atoms. The number of rotatable bonds is 2. The van der Waals surface area contributed by atoms with Gasteiger partial charge in [-0.15, -0.1) is 0 Å². The molecule has 3 nitrogen and oxygen atoms in total. The second kappa shape index (κ2) is 3.94. The summed E-state index contributed by atoms with van der Waals surface area (Å²) in [4.78, 5) is 23.6. The van der Waals surface area contributed by atoms with E-state index < -0.39 is 0 Å². The van der Waals surface area contributed by atoms with Crippen molar-refractivity contribution in [2.45, 2.75) is 0 Å². The molecule has 5 heteroatoms. The average Bonchev–Trinajstić information content (AvgIpc) is 2.98. The van der Waals surface area contributed by atoms with Gasteiger partial charge in [0.1, 0.15) is 0 Å². The fraction of sp³-hybridized carbons (Fsp3) is 0. The number of hydrogen-bond acceptors (Lipinski definition) is 4. The summed E-state index contributed by atoms with van der Waals surface area (Å²) in [5.74, 6) is -0.621. The molecule has 0 atom stereocenters. The molecule has 2 amide bonds. The Morgan fingerprint density at radius 2 is 1.29 bits per heavy atom. The molecule has 2 aromatic heterocycles. The Hall–Kier alpha value is -1.72. The van der Waals surface area contributed by atoms with Crippen molar-refractivity contribution in [1.29, 1.82) is 0 Å². The molecule has 0 bridgehead atoms. The summed E-state index contributed by atoms with van der Waals surface area (Å²) in [6.45, 7) is 0. The van der Waals surface area contributed by atoms with E-state index in [4.69, 9.17) is 0 Å². The summed E-state index contributed by atoms with van der Waals surface area (Å²) in [5.41, 5.74) is 2.57. The van der Waals surface area contributed by atoms with E-state index in [2.05, 4.69) is 5.32 Å². The third-order valence-corrected chi connectivity index (χ3v) is 3.92. The van der Waals surface area contributed by atoms with Crippen LogP contribution in [0.1, 0.15) is 11.1 Å². The molecule has 3 rings (SSSR count). The van der Waals surface area contributed by atoms with Crippen LogP contribution in [0.5, 0.6) is 0 Å². The van der Waals surface area contributed by atoms with Crippen LogP contribution in [0.4, 0.5) is 0 Å². The van der Waals surface area contributed by atoms with Gasteiger partial charge in [-0.25, -0.2) is 0 Å². The van der Waals surface area contributed by atoms with Crippen molar-refractivity contribution in [2.24, 2.45) is 0 Å². The molecule has 0 saturated carbocycles. The Balaban J connectivity index is 2.24. The third kappa shape index (κ3) is 1.64. The Morgan fingerprint density at radius 1 is 0.824 bits per heavy atom. The smallest absolute Gasteiger partial charge is 0.259 e. The Labute approximate surface area is 105 Å². The van der Waals surface area contributed by atoms with Crippen molar-refractivity contribution in [2.75, 3.05) is 0 Å². The molecule has 1 aliphatic heterocycles. The van der Waals surface area contributed by atoms with Crippen molar-refractivity contribution < 1.29 is 9.59 Å². The van der Waals surface area contributed by atoms with Crippen LogP contribution in [-0.4, -0.2) is 11.8 Å². The number of hydrogen-bond donors (Lipinski definition) is 1. The lowest BCUT2D eigenvalue weighted by atomic mass is 10.0. The topological polar surface area (TPSA) is 46.2 Å². The van der Waals surface area contributed by atoms with E-state index >= 15 is 0 Å². The van der Waals surface area contributed by atoms with Gasteiger partial charge < -0.3 is 0 Å². The van der Waals surface area contributed by atoms with Gasteiger partial charge in [0.05, 0.1) is 11.1 Å². The molecule has 3 heterocycles. The Morgan fingerprint density at radius 3 is 1.65 bits per heavy atom. The van der Waals surface area contributed by atoms with Gasteiger partial charge in [-0.05, 0) is 44.8 Å². The Kier molecular flexibility index (Phi) is 2.42. The molecule has 0 radical (unpaired) electrons. The highest BCUT2D eigenvalue weighted by Gasteiger charge is 2.32. The highest BCUT2D eigenvalue weighted by molar-refractivity contribution is 7.08. The maximum absolute atomic E-state index is 11.8. The lowest BCUT2D eigenvalue weighted by molar-refractivity contribution is -0.122. The Bertz CT molecular complexity index is 555. The molecule has 0 spiro atoms. The van der Waals surface area contributed by atoms with E-state index in [-0.39, 0.29) is 11.8 Å². The zero-order valence-corrected chi connectivity index (χ0v) is 10.2. The van der Waals surface area contributed by atoms with Gasteiger partial charge in [0, 0.05) is 0 Å². The summed E-state index contributed by atoms with van der Waals surface area (Å²) in [7, 11) is 0. The van der Waals surface area contributed by atoms with Crippen LogP contribution in [0, 0.1) is 0 Å². The van der Waals surface area contributed by atoms with E-state index in [9.17, 15) is 9.59 Å². The molecule has 84 valence electrons. The molecule has 0 aliphatic carbocycles. The van der Waals surface area contributed by atoms with Crippen molar-refractivity contribution >= 4 is 45.6 Å². The van der Waals surface area contributed by atoms with Crippen molar-refractivity contribution in [3.05, 3.63) is 44.8 Å². The first-order valence-electron chi connectivity index (χ1n) is 4.92. The summed E-state index contributed by atoms with van der Waals surface area (Å²) < 4.78 is 0. The minimum absolute atomic E-state index is 0.311. The quantitative estimate of drug-likeness (QED) is 0.844. The van der Waals surface area contributed by atoms with Crippen molar-refractivity contribution in [1.82, 2.24) is 5.32 Å². The minimum atomic E-state index is -0.311. The van der Waals surface area contributed by atoms with E-state index in [1.54, 1.807) is 0 Å². The third-order valence-electron chi connectivity index (χ3n) is 2.55. The first kappa shape index (κ1) is 10.4. The van der Waals surface area contributed by atoms with Gasteiger partial charge in [0.25, 0.3) is 11.8 Å². The second-order valence-corrected chi connectivity index (χ2v) is 5.12. The fourth-order valence-electron chi connectivity index (χ4n) is 1.82. The number of nitrogens with one attached hydrogen (secondary N) is 1. The SMILES string of the molecule is O=C1NC(=O)C(c2ccsc2)=C1c1ccsc1. The van der Waals surface area contributed by atoms with Crippen LogP contribution in [0.15, 0.2) is 33.7 Å². The number of carbonyl (C=O) groups is 2. The maximum atomic E-state index is 11.8. The van der Waals surface area contributed by atoms with Crippen LogP contribution in [0.25, 0.3) is 11.1 Å². The van der Waals surface area contributed by atoms with Gasteiger partial charge in [-0.3, -0.25) is 14.9 Å². The van der Waals surface area contributed by atoms with Gasteiger partial charge in [0.15, 0.2) is 0 Å². The van der Waals surface area contributed by atoms with Gasteiger partial charge in [-0.1, -0.05) is 0 Å². The summed E-state index contributed by atoms with van der Waals surface area (Å²) in [6.07, 6.45) is 0. The average molecular weight is 261 g/mol. The van der Waals surface area contributed by atoms with Gasteiger partial charge in [0.2, 0.25) is 0 Å². The van der Waals surface area contributed by atoms with Crippen LogP contribution < -0.4 is 5.32 Å². The molecule has 0 aromatic carbocycles. The van der Waals surface area contributed by atoms with Crippen LogP contribution in [0.2, 0.25) is 0 Å². The van der Waals surface area contributed by atoms with Crippen LogP contribution in [0.3, 0.4) is 0 Å². The zero-order valence-electron chi connectivity index (χ0n) is 8.60. The minimum Gasteiger partial charge on any atom is -0.288 e. The first-order valence-corrected chi connectivity index (χ1v) is 6.81. The first-order chi connectivity index (χ1) is 8.27. The summed E-state index contributed by atoms with van der Waals surface area (Å²) in [6, 6.07) is 3.70. The highest BCUT2D eigenvalue weighted by Crippen LogP contribution is 2.32. The number of thiophene rings is 2. The summed E-state index contributed by atoms with van der Waals surface area (Å²) in [5, 5.41) is 9.89. The van der Waals surface area contributed by atoms with Crippen LogP contribution >= 0.6 is 22.7 Å². The van der Waals surface area contributed by atoms with Gasteiger partial charge >= 0.3 is 0 Å². The van der Waals surface area contributed by atoms with E-state index in [1.165, 1.54) is 22.7 Å². The van der Waals surface area contributed by atoms with E-state index in [0.29, 0.717) is 11.1 Å². The molecular formula is C12H7NO2S2. The number of amides is 2. The van der Waals surface area contributed by atoms with E-state index in [0.717, 1.165) is 11.1 Å². The largest absolute Gasteiger partial charge is 0.288 e. The molecule has 0 fully saturated rings. The predicted molar refractivity (Wildman–Crippen MR) is 68.6 cm³/mol. The fourth-order valence-corrected chi connectivity index (χ4v) is 3.11. The monoisotopic (exact) mass is 261 g/mol. The number of carbonyl (C=O) groups excluding carboxylic acids is 2. The lowest BCUT2D eigenvalue weighted by Crippen LogP contribution is -2.22. The molecule has 2 aromatic rings. The lowest BCUT2D eigenvalue weighted by Gasteiger charge is -1.98. The van der Waals surface area contributed by atoms with E-state index in [1.807, 2.05) is 33.7 Å².